The highest BCUT2D eigenvalue weighted by atomic mass is 16.5. The Labute approximate surface area is 114 Å². The topological polar surface area (TPSA) is 52.9 Å². The summed E-state index contributed by atoms with van der Waals surface area (Å²) in [4.78, 5) is 2.31. The quantitative estimate of drug-likeness (QED) is 0.851. The predicted octanol–water partition coefficient (Wildman–Crippen LogP) is 1.72. The Morgan fingerprint density at radius 3 is 2.63 bits per heavy atom. The van der Waals surface area contributed by atoms with E-state index in [1.807, 2.05) is 18.2 Å². The lowest BCUT2D eigenvalue weighted by molar-refractivity contribution is 0.0158. The van der Waals surface area contributed by atoms with Crippen molar-refractivity contribution in [1.82, 2.24) is 0 Å². The van der Waals surface area contributed by atoms with Crippen LogP contribution in [0.15, 0.2) is 24.3 Å². The average molecular weight is 265 g/mol. The molecule has 1 aromatic rings. The van der Waals surface area contributed by atoms with Gasteiger partial charge in [-0.2, -0.15) is 0 Å². The number of benzene rings is 1. The molecular weight excluding hydrogens is 242 g/mol. The van der Waals surface area contributed by atoms with Gasteiger partial charge in [-0.25, -0.2) is 0 Å². The maximum Gasteiger partial charge on any atom is 0.0781 e. The summed E-state index contributed by atoms with van der Waals surface area (Å²) in [7, 11) is 0. The average Bonchev–Trinajstić information content (AvgIpc) is 2.45. The van der Waals surface area contributed by atoms with E-state index < -0.39 is 6.10 Å². The van der Waals surface area contributed by atoms with Gasteiger partial charge in [0.2, 0.25) is 0 Å². The van der Waals surface area contributed by atoms with E-state index in [4.69, 9.17) is 9.84 Å². The summed E-state index contributed by atoms with van der Waals surface area (Å²) < 4.78 is 5.57. The van der Waals surface area contributed by atoms with Gasteiger partial charge in [-0.05, 0) is 25.8 Å². The molecule has 2 N–H and O–H groups in total. The van der Waals surface area contributed by atoms with Crippen molar-refractivity contribution in [2.24, 2.45) is 0 Å². The van der Waals surface area contributed by atoms with Crippen molar-refractivity contribution in [1.29, 1.82) is 0 Å². The molecule has 0 aliphatic carbocycles. The van der Waals surface area contributed by atoms with Gasteiger partial charge in [0, 0.05) is 24.3 Å². The molecule has 0 bridgehead atoms. The van der Waals surface area contributed by atoms with Crippen LogP contribution >= 0.6 is 0 Å². The largest absolute Gasteiger partial charge is 0.394 e. The maximum absolute atomic E-state index is 9.82. The van der Waals surface area contributed by atoms with Crippen molar-refractivity contribution >= 4 is 5.69 Å². The zero-order valence-corrected chi connectivity index (χ0v) is 11.5. The first-order valence-corrected chi connectivity index (χ1v) is 6.96. The van der Waals surface area contributed by atoms with Crippen molar-refractivity contribution in [3.8, 4) is 0 Å². The van der Waals surface area contributed by atoms with E-state index in [-0.39, 0.29) is 12.7 Å². The van der Waals surface area contributed by atoms with Crippen LogP contribution in [0.5, 0.6) is 0 Å². The van der Waals surface area contributed by atoms with Gasteiger partial charge in [-0.15, -0.1) is 0 Å². The minimum Gasteiger partial charge on any atom is -0.394 e. The minimum atomic E-state index is -0.445. The van der Waals surface area contributed by atoms with Gasteiger partial charge < -0.3 is 19.8 Å². The second-order valence-electron chi connectivity index (χ2n) is 5.02. The van der Waals surface area contributed by atoms with Crippen LogP contribution in [-0.4, -0.2) is 42.6 Å². The second-order valence-corrected chi connectivity index (χ2v) is 5.02. The summed E-state index contributed by atoms with van der Waals surface area (Å²) in [6.45, 7) is 4.18. The number of para-hydroxylation sites is 1. The highest BCUT2D eigenvalue weighted by Crippen LogP contribution is 2.28. The van der Waals surface area contributed by atoms with Gasteiger partial charge in [-0.1, -0.05) is 18.2 Å². The minimum absolute atomic E-state index is 0.0884. The zero-order valence-electron chi connectivity index (χ0n) is 11.5. The van der Waals surface area contributed by atoms with Crippen LogP contribution in [0.1, 0.15) is 31.4 Å². The summed E-state index contributed by atoms with van der Waals surface area (Å²) in [5.74, 6) is 0. The van der Waals surface area contributed by atoms with E-state index in [9.17, 15) is 5.11 Å². The molecule has 1 atom stereocenters. The van der Waals surface area contributed by atoms with E-state index in [2.05, 4.69) is 11.0 Å². The van der Waals surface area contributed by atoms with Crippen LogP contribution in [0.2, 0.25) is 0 Å². The number of hydrogen-bond acceptors (Lipinski definition) is 4. The Bertz CT molecular complexity index is 387. The normalized spacial score (nSPS) is 18.6. The highest BCUT2D eigenvalue weighted by molar-refractivity contribution is 5.54. The van der Waals surface area contributed by atoms with Gasteiger partial charge >= 0.3 is 0 Å². The van der Waals surface area contributed by atoms with Crippen molar-refractivity contribution in [3.05, 3.63) is 29.8 Å². The zero-order chi connectivity index (χ0) is 13.7. The highest BCUT2D eigenvalue weighted by Gasteiger charge is 2.22. The Hall–Kier alpha value is -1.10. The first-order chi connectivity index (χ1) is 9.22. The molecule has 106 valence electrons. The summed E-state index contributed by atoms with van der Waals surface area (Å²) in [6.07, 6.45) is 1.74. The molecule has 4 nitrogen and oxygen atoms in total. The van der Waals surface area contributed by atoms with Crippen molar-refractivity contribution < 1.29 is 14.9 Å². The molecule has 1 heterocycles. The van der Waals surface area contributed by atoms with Gasteiger partial charge in [-0.3, -0.25) is 0 Å². The lowest BCUT2D eigenvalue weighted by Crippen LogP contribution is -2.38. The molecule has 0 radical (unpaired) electrons. The molecule has 1 aliphatic rings. The number of aliphatic hydroxyl groups is 2. The van der Waals surface area contributed by atoms with Crippen LogP contribution in [0.3, 0.4) is 0 Å². The third-order valence-corrected chi connectivity index (χ3v) is 3.61. The number of nitrogens with zero attached hydrogens (tertiary/aromatic N) is 1. The Balaban J connectivity index is 1.98. The maximum atomic E-state index is 9.82. The second kappa shape index (κ2) is 6.89. The number of anilines is 1. The number of aliphatic hydroxyl groups excluding tert-OH is 2. The van der Waals surface area contributed by atoms with E-state index in [1.54, 1.807) is 6.92 Å². The summed E-state index contributed by atoms with van der Waals surface area (Å²) in [5.41, 5.74) is 2.11. The van der Waals surface area contributed by atoms with Crippen molar-refractivity contribution in [2.45, 2.75) is 32.0 Å². The molecule has 0 amide bonds. The summed E-state index contributed by atoms with van der Waals surface area (Å²) in [6, 6.07) is 8.02. The van der Waals surface area contributed by atoms with E-state index >= 15 is 0 Å². The van der Waals surface area contributed by atoms with E-state index in [0.717, 1.165) is 37.2 Å². The molecule has 4 heteroatoms. The lowest BCUT2D eigenvalue weighted by atomic mass is 10.0. The van der Waals surface area contributed by atoms with Crippen LogP contribution < -0.4 is 4.90 Å². The molecule has 0 saturated carbocycles. The third-order valence-electron chi connectivity index (χ3n) is 3.61. The lowest BCUT2D eigenvalue weighted by Gasteiger charge is -2.35. The molecule has 2 rings (SSSR count). The first kappa shape index (κ1) is 14.3. The SMILES string of the molecule is C[C@H](O)c1ccccc1N1CCC(OCCO)CC1. The fourth-order valence-electron chi connectivity index (χ4n) is 2.61. The third kappa shape index (κ3) is 3.69. The molecule has 0 aromatic heterocycles. The van der Waals surface area contributed by atoms with Gasteiger partial charge in [0.25, 0.3) is 0 Å². The van der Waals surface area contributed by atoms with Crippen LogP contribution in [0, 0.1) is 0 Å². The van der Waals surface area contributed by atoms with Crippen LogP contribution in [0.25, 0.3) is 0 Å². The molecule has 1 aliphatic heterocycles. The summed E-state index contributed by atoms with van der Waals surface area (Å²) >= 11 is 0. The first-order valence-electron chi connectivity index (χ1n) is 6.96. The number of ether oxygens (including phenoxy) is 1. The molecule has 1 saturated heterocycles. The van der Waals surface area contributed by atoms with Crippen molar-refractivity contribution in [2.75, 3.05) is 31.2 Å². The fourth-order valence-corrected chi connectivity index (χ4v) is 2.61. The Kier molecular flexibility index (Phi) is 5.19. The van der Waals surface area contributed by atoms with Crippen LogP contribution in [-0.2, 0) is 4.74 Å². The van der Waals surface area contributed by atoms with E-state index in [0.29, 0.717) is 6.61 Å². The van der Waals surface area contributed by atoms with Gasteiger partial charge in [0.05, 0.1) is 25.4 Å². The van der Waals surface area contributed by atoms with Crippen LogP contribution in [0.4, 0.5) is 5.69 Å². The molecule has 19 heavy (non-hydrogen) atoms. The Morgan fingerprint density at radius 2 is 2.00 bits per heavy atom. The summed E-state index contributed by atoms with van der Waals surface area (Å²) in [5, 5.41) is 18.6. The number of piperidine rings is 1. The molecule has 1 fully saturated rings. The molecule has 1 aromatic carbocycles. The predicted molar refractivity (Wildman–Crippen MR) is 75.3 cm³/mol. The van der Waals surface area contributed by atoms with Crippen molar-refractivity contribution in [3.63, 3.8) is 0 Å². The number of rotatable bonds is 5. The fraction of sp³-hybridized carbons (Fsp3) is 0.600. The molecular formula is C15H23NO3. The number of hydrogen-bond donors (Lipinski definition) is 2. The van der Waals surface area contributed by atoms with Gasteiger partial charge in [0.1, 0.15) is 0 Å². The Morgan fingerprint density at radius 1 is 1.32 bits per heavy atom. The smallest absolute Gasteiger partial charge is 0.0781 e. The molecule has 0 spiro atoms. The van der Waals surface area contributed by atoms with Gasteiger partial charge in [0.15, 0.2) is 0 Å². The standard InChI is InChI=1S/C15H23NO3/c1-12(18)14-4-2-3-5-15(14)16-8-6-13(7-9-16)19-11-10-17/h2-5,12-13,17-18H,6-11H2,1H3/t12-/m0/s1. The monoisotopic (exact) mass is 265 g/mol. The van der Waals surface area contributed by atoms with E-state index in [1.165, 1.54) is 0 Å². The molecule has 0 unspecified atom stereocenters.